The van der Waals surface area contributed by atoms with E-state index in [4.69, 9.17) is 4.74 Å². The molecule has 0 saturated heterocycles. The van der Waals surface area contributed by atoms with Crippen LogP contribution in [0.1, 0.15) is 0 Å². The van der Waals surface area contributed by atoms with Gasteiger partial charge in [0.1, 0.15) is 5.75 Å². The molecule has 0 radical (unpaired) electrons. The van der Waals surface area contributed by atoms with E-state index in [1.54, 1.807) is 7.11 Å². The zero-order valence-electron chi connectivity index (χ0n) is 8.90. The fraction of sp³-hybridized carbons (Fsp3) is 0.167. The molecule has 0 spiro atoms. The van der Waals surface area contributed by atoms with Crippen LogP contribution in [0.15, 0.2) is 42.7 Å². The molecule has 0 amide bonds. The summed E-state index contributed by atoms with van der Waals surface area (Å²) in [6, 6.07) is 9.89. The lowest BCUT2D eigenvalue weighted by molar-refractivity contribution is 0.415. The molecular formula is C12H14N2O. The van der Waals surface area contributed by atoms with Gasteiger partial charge in [-0.05, 0) is 18.2 Å². The van der Waals surface area contributed by atoms with Crippen molar-refractivity contribution in [3.8, 4) is 5.75 Å². The average molecular weight is 202 g/mol. The molecule has 0 aliphatic heterocycles. The molecule has 0 aliphatic rings. The van der Waals surface area contributed by atoms with Crippen LogP contribution in [0, 0.1) is 0 Å². The first-order chi connectivity index (χ1) is 7.28. The molecule has 78 valence electrons. The molecule has 2 aromatic rings. The zero-order valence-corrected chi connectivity index (χ0v) is 8.90. The lowest BCUT2D eigenvalue weighted by Gasteiger charge is -2.05. The summed E-state index contributed by atoms with van der Waals surface area (Å²) in [4.78, 5) is 0. The summed E-state index contributed by atoms with van der Waals surface area (Å²) in [5.41, 5.74) is 2.10. The number of aryl methyl sites for hydroxylation is 1. The van der Waals surface area contributed by atoms with Gasteiger partial charge in [-0.1, -0.05) is 6.07 Å². The Morgan fingerprint density at radius 2 is 2.07 bits per heavy atom. The van der Waals surface area contributed by atoms with Crippen molar-refractivity contribution in [1.82, 2.24) is 4.57 Å². The van der Waals surface area contributed by atoms with Crippen LogP contribution >= 0.6 is 0 Å². The van der Waals surface area contributed by atoms with Crippen LogP contribution in [0.25, 0.3) is 0 Å². The zero-order chi connectivity index (χ0) is 10.7. The molecule has 1 heterocycles. The topological polar surface area (TPSA) is 26.2 Å². The second-order valence-electron chi connectivity index (χ2n) is 3.42. The Morgan fingerprint density at radius 3 is 2.73 bits per heavy atom. The Balaban J connectivity index is 2.16. The van der Waals surface area contributed by atoms with Crippen LogP contribution in [0.3, 0.4) is 0 Å². The maximum absolute atomic E-state index is 5.15. The number of benzene rings is 1. The first-order valence-electron chi connectivity index (χ1n) is 4.81. The summed E-state index contributed by atoms with van der Waals surface area (Å²) in [5, 5.41) is 3.30. The number of nitrogens with zero attached hydrogens (tertiary/aromatic N) is 1. The van der Waals surface area contributed by atoms with Gasteiger partial charge in [0.25, 0.3) is 0 Å². The number of hydrogen-bond acceptors (Lipinski definition) is 2. The number of methoxy groups -OCH3 is 1. The van der Waals surface area contributed by atoms with Gasteiger partial charge in [0.15, 0.2) is 0 Å². The van der Waals surface area contributed by atoms with E-state index in [1.165, 1.54) is 0 Å². The summed E-state index contributed by atoms with van der Waals surface area (Å²) < 4.78 is 7.16. The summed E-state index contributed by atoms with van der Waals surface area (Å²) in [6.07, 6.45) is 4.03. The smallest absolute Gasteiger partial charge is 0.120 e. The maximum Gasteiger partial charge on any atom is 0.120 e. The minimum absolute atomic E-state index is 0.857. The SMILES string of the molecule is COc1cccc(Nc2ccn(C)c2)c1. The monoisotopic (exact) mass is 202 g/mol. The molecule has 0 fully saturated rings. The Bertz CT molecular complexity index is 448. The van der Waals surface area contributed by atoms with Crippen LogP contribution in [-0.2, 0) is 7.05 Å². The van der Waals surface area contributed by atoms with Crippen LogP contribution < -0.4 is 10.1 Å². The van der Waals surface area contributed by atoms with Gasteiger partial charge in [-0.3, -0.25) is 0 Å². The molecule has 1 aromatic carbocycles. The van der Waals surface area contributed by atoms with Gasteiger partial charge < -0.3 is 14.6 Å². The van der Waals surface area contributed by atoms with Crippen molar-refractivity contribution in [1.29, 1.82) is 0 Å². The molecule has 0 bridgehead atoms. The van der Waals surface area contributed by atoms with Crippen molar-refractivity contribution >= 4 is 11.4 Å². The third kappa shape index (κ3) is 2.31. The van der Waals surface area contributed by atoms with Crippen molar-refractivity contribution < 1.29 is 4.74 Å². The van der Waals surface area contributed by atoms with Gasteiger partial charge in [0, 0.05) is 31.2 Å². The highest BCUT2D eigenvalue weighted by Crippen LogP contribution is 2.20. The largest absolute Gasteiger partial charge is 0.497 e. The molecule has 3 heteroatoms. The molecule has 1 N–H and O–H groups in total. The first kappa shape index (κ1) is 9.65. The first-order valence-corrected chi connectivity index (χ1v) is 4.81. The normalized spacial score (nSPS) is 10.0. The Hall–Kier alpha value is -1.90. The lowest BCUT2D eigenvalue weighted by atomic mass is 10.3. The van der Waals surface area contributed by atoms with E-state index in [1.807, 2.05) is 54.3 Å². The third-order valence-corrected chi connectivity index (χ3v) is 2.19. The minimum Gasteiger partial charge on any atom is -0.497 e. The van der Waals surface area contributed by atoms with Crippen molar-refractivity contribution in [2.24, 2.45) is 7.05 Å². The molecule has 2 rings (SSSR count). The van der Waals surface area contributed by atoms with Gasteiger partial charge >= 0.3 is 0 Å². The molecule has 15 heavy (non-hydrogen) atoms. The summed E-state index contributed by atoms with van der Waals surface area (Å²) in [6.45, 7) is 0. The highest BCUT2D eigenvalue weighted by molar-refractivity contribution is 5.60. The minimum atomic E-state index is 0.857. The van der Waals surface area contributed by atoms with Crippen molar-refractivity contribution in [2.75, 3.05) is 12.4 Å². The molecular weight excluding hydrogens is 188 g/mol. The fourth-order valence-corrected chi connectivity index (χ4v) is 1.44. The Labute approximate surface area is 89.3 Å². The van der Waals surface area contributed by atoms with Gasteiger partial charge in [0.05, 0.1) is 12.8 Å². The number of anilines is 2. The highest BCUT2D eigenvalue weighted by atomic mass is 16.5. The van der Waals surface area contributed by atoms with Crippen LogP contribution in [0.4, 0.5) is 11.4 Å². The molecule has 1 aromatic heterocycles. The van der Waals surface area contributed by atoms with E-state index in [9.17, 15) is 0 Å². The standard InChI is InChI=1S/C12H14N2O/c1-14-7-6-11(9-14)13-10-4-3-5-12(8-10)15-2/h3-9,13H,1-2H3. The lowest BCUT2D eigenvalue weighted by Crippen LogP contribution is -1.90. The summed E-state index contributed by atoms with van der Waals surface area (Å²) in [5.74, 6) is 0.857. The number of aromatic nitrogens is 1. The van der Waals surface area contributed by atoms with E-state index < -0.39 is 0 Å². The number of ether oxygens (including phenoxy) is 1. The third-order valence-electron chi connectivity index (χ3n) is 2.19. The summed E-state index contributed by atoms with van der Waals surface area (Å²) in [7, 11) is 3.67. The van der Waals surface area contributed by atoms with E-state index in [2.05, 4.69) is 5.32 Å². The van der Waals surface area contributed by atoms with Crippen LogP contribution in [0.2, 0.25) is 0 Å². The van der Waals surface area contributed by atoms with E-state index in [0.717, 1.165) is 17.1 Å². The summed E-state index contributed by atoms with van der Waals surface area (Å²) >= 11 is 0. The predicted octanol–water partition coefficient (Wildman–Crippen LogP) is 2.78. The average Bonchev–Trinajstić information content (AvgIpc) is 2.64. The second kappa shape index (κ2) is 4.09. The molecule has 0 aliphatic carbocycles. The molecule has 0 unspecified atom stereocenters. The van der Waals surface area contributed by atoms with Crippen LogP contribution in [-0.4, -0.2) is 11.7 Å². The quantitative estimate of drug-likeness (QED) is 0.828. The molecule has 0 saturated carbocycles. The number of rotatable bonds is 3. The van der Waals surface area contributed by atoms with Gasteiger partial charge in [0.2, 0.25) is 0 Å². The Morgan fingerprint density at radius 1 is 1.20 bits per heavy atom. The fourth-order valence-electron chi connectivity index (χ4n) is 1.44. The molecule has 3 nitrogen and oxygen atoms in total. The van der Waals surface area contributed by atoms with Crippen molar-refractivity contribution in [3.05, 3.63) is 42.7 Å². The van der Waals surface area contributed by atoms with Gasteiger partial charge in [-0.2, -0.15) is 0 Å². The highest BCUT2D eigenvalue weighted by Gasteiger charge is 1.97. The van der Waals surface area contributed by atoms with Crippen LogP contribution in [0.5, 0.6) is 5.75 Å². The Kier molecular flexibility index (Phi) is 2.63. The second-order valence-corrected chi connectivity index (χ2v) is 3.42. The van der Waals surface area contributed by atoms with Gasteiger partial charge in [-0.25, -0.2) is 0 Å². The number of hydrogen-bond donors (Lipinski definition) is 1. The predicted molar refractivity (Wildman–Crippen MR) is 61.7 cm³/mol. The maximum atomic E-state index is 5.15. The van der Waals surface area contributed by atoms with E-state index >= 15 is 0 Å². The van der Waals surface area contributed by atoms with E-state index in [0.29, 0.717) is 0 Å². The molecule has 0 atom stereocenters. The van der Waals surface area contributed by atoms with Crippen molar-refractivity contribution in [3.63, 3.8) is 0 Å². The van der Waals surface area contributed by atoms with Gasteiger partial charge in [-0.15, -0.1) is 0 Å². The van der Waals surface area contributed by atoms with E-state index in [-0.39, 0.29) is 0 Å². The number of nitrogens with one attached hydrogen (secondary N) is 1. The van der Waals surface area contributed by atoms with Crippen molar-refractivity contribution in [2.45, 2.75) is 0 Å².